The van der Waals surface area contributed by atoms with E-state index < -0.39 is 0 Å². The van der Waals surface area contributed by atoms with Crippen molar-refractivity contribution in [2.45, 2.75) is 112 Å². The molecule has 23 heavy (non-hydrogen) atoms. The standard InChI is InChI=1S/C11H22O2.C8H16O2/c1-7(2)10-6-11(8(3)4)13-9(5)12-10;1-4-8-5-6(2)9-7(3)10-8/h7-11H,6H2,1-5H3;6-8H,4-5H2,1-3H3. The van der Waals surface area contributed by atoms with Gasteiger partial charge in [0.15, 0.2) is 12.6 Å². The zero-order valence-electron chi connectivity index (χ0n) is 16.4. The van der Waals surface area contributed by atoms with Crippen molar-refractivity contribution in [2.75, 3.05) is 0 Å². The number of hydrogen-bond acceptors (Lipinski definition) is 4. The lowest BCUT2D eigenvalue weighted by Gasteiger charge is -2.37. The molecular weight excluding hydrogens is 292 g/mol. The Morgan fingerprint density at radius 2 is 1.22 bits per heavy atom. The summed E-state index contributed by atoms with van der Waals surface area (Å²) in [6.07, 6.45) is 4.67. The topological polar surface area (TPSA) is 36.9 Å². The van der Waals surface area contributed by atoms with Crippen LogP contribution in [-0.4, -0.2) is 37.0 Å². The molecule has 0 amide bonds. The summed E-state index contributed by atoms with van der Waals surface area (Å²) in [6, 6.07) is 0. The van der Waals surface area contributed by atoms with Crippen LogP contribution in [0.25, 0.3) is 0 Å². The van der Waals surface area contributed by atoms with Crippen molar-refractivity contribution < 1.29 is 18.9 Å². The van der Waals surface area contributed by atoms with Gasteiger partial charge in [0.1, 0.15) is 0 Å². The van der Waals surface area contributed by atoms with E-state index in [-0.39, 0.29) is 12.6 Å². The van der Waals surface area contributed by atoms with Crippen LogP contribution in [0, 0.1) is 11.8 Å². The number of rotatable bonds is 3. The first-order chi connectivity index (χ1) is 10.7. The molecule has 138 valence electrons. The number of ether oxygens (including phenoxy) is 4. The Kier molecular flexibility index (Phi) is 9.06. The van der Waals surface area contributed by atoms with E-state index in [4.69, 9.17) is 18.9 Å². The minimum atomic E-state index is -0.0338. The molecule has 2 saturated heterocycles. The molecule has 0 spiro atoms. The lowest BCUT2D eigenvalue weighted by Crippen LogP contribution is -2.41. The highest BCUT2D eigenvalue weighted by Gasteiger charge is 2.30. The zero-order valence-corrected chi connectivity index (χ0v) is 16.4. The molecule has 0 bridgehead atoms. The van der Waals surface area contributed by atoms with Gasteiger partial charge >= 0.3 is 0 Å². The maximum atomic E-state index is 5.71. The monoisotopic (exact) mass is 330 g/mol. The molecule has 2 aliphatic rings. The van der Waals surface area contributed by atoms with Gasteiger partial charge in [-0.3, -0.25) is 0 Å². The van der Waals surface area contributed by atoms with Crippen LogP contribution in [0.2, 0.25) is 0 Å². The molecule has 0 aromatic heterocycles. The average molecular weight is 331 g/mol. The molecular formula is C19H38O4. The highest BCUT2D eigenvalue weighted by Crippen LogP contribution is 2.27. The Hall–Kier alpha value is -0.160. The van der Waals surface area contributed by atoms with E-state index in [1.54, 1.807) is 0 Å². The van der Waals surface area contributed by atoms with Crippen LogP contribution >= 0.6 is 0 Å². The molecule has 2 rings (SSSR count). The van der Waals surface area contributed by atoms with Crippen LogP contribution in [0.4, 0.5) is 0 Å². The summed E-state index contributed by atoms with van der Waals surface area (Å²) in [5.41, 5.74) is 0. The highest BCUT2D eigenvalue weighted by molar-refractivity contribution is 4.75. The maximum absolute atomic E-state index is 5.71. The van der Waals surface area contributed by atoms with Gasteiger partial charge in [-0.1, -0.05) is 34.6 Å². The smallest absolute Gasteiger partial charge is 0.155 e. The van der Waals surface area contributed by atoms with E-state index in [0.29, 0.717) is 36.3 Å². The predicted octanol–water partition coefficient (Wildman–Crippen LogP) is 4.75. The summed E-state index contributed by atoms with van der Waals surface area (Å²) in [6.45, 7) is 17.0. The van der Waals surface area contributed by atoms with Gasteiger partial charge in [-0.2, -0.15) is 0 Å². The molecule has 0 radical (unpaired) electrons. The normalized spacial score (nSPS) is 38.3. The van der Waals surface area contributed by atoms with E-state index in [0.717, 1.165) is 19.3 Å². The maximum Gasteiger partial charge on any atom is 0.155 e. The van der Waals surface area contributed by atoms with Gasteiger partial charge in [-0.25, -0.2) is 0 Å². The van der Waals surface area contributed by atoms with E-state index in [1.165, 1.54) is 0 Å². The minimum absolute atomic E-state index is 0.00583. The van der Waals surface area contributed by atoms with Crippen LogP contribution in [0.15, 0.2) is 0 Å². The van der Waals surface area contributed by atoms with Gasteiger partial charge in [0.25, 0.3) is 0 Å². The summed E-state index contributed by atoms with van der Waals surface area (Å²) >= 11 is 0. The third kappa shape index (κ3) is 7.51. The molecule has 0 saturated carbocycles. The fourth-order valence-corrected chi connectivity index (χ4v) is 3.10. The Balaban J connectivity index is 0.000000238. The second kappa shape index (κ2) is 9.97. The molecule has 2 fully saturated rings. The lowest BCUT2D eigenvalue weighted by atomic mass is 9.94. The van der Waals surface area contributed by atoms with Crippen LogP contribution in [-0.2, 0) is 18.9 Å². The zero-order chi connectivity index (χ0) is 17.6. The lowest BCUT2D eigenvalue weighted by molar-refractivity contribution is -0.250. The molecule has 0 aliphatic carbocycles. The third-order valence-corrected chi connectivity index (χ3v) is 4.54. The van der Waals surface area contributed by atoms with Crippen molar-refractivity contribution in [1.29, 1.82) is 0 Å². The molecule has 5 unspecified atom stereocenters. The summed E-state index contributed by atoms with van der Waals surface area (Å²) in [5, 5.41) is 0. The minimum Gasteiger partial charge on any atom is -0.350 e. The summed E-state index contributed by atoms with van der Waals surface area (Å²) in [4.78, 5) is 0. The Bertz CT molecular complexity index is 292. The summed E-state index contributed by atoms with van der Waals surface area (Å²) in [5.74, 6) is 1.18. The van der Waals surface area contributed by atoms with Gasteiger partial charge in [0.2, 0.25) is 0 Å². The Labute approximate surface area is 143 Å². The Morgan fingerprint density at radius 1 is 0.739 bits per heavy atom. The average Bonchev–Trinajstić information content (AvgIpc) is 2.46. The molecule has 4 nitrogen and oxygen atoms in total. The van der Waals surface area contributed by atoms with Crippen LogP contribution in [0.5, 0.6) is 0 Å². The van der Waals surface area contributed by atoms with Crippen molar-refractivity contribution in [3.8, 4) is 0 Å². The molecule has 2 heterocycles. The Morgan fingerprint density at radius 3 is 1.61 bits per heavy atom. The van der Waals surface area contributed by atoms with Crippen LogP contribution in [0.1, 0.15) is 74.7 Å². The van der Waals surface area contributed by atoms with Crippen molar-refractivity contribution >= 4 is 0 Å². The van der Waals surface area contributed by atoms with Gasteiger partial charge < -0.3 is 18.9 Å². The molecule has 0 aromatic rings. The van der Waals surface area contributed by atoms with E-state index >= 15 is 0 Å². The van der Waals surface area contributed by atoms with Gasteiger partial charge in [-0.05, 0) is 45.4 Å². The fourth-order valence-electron chi connectivity index (χ4n) is 3.10. The second-order valence-corrected chi connectivity index (χ2v) is 7.56. The highest BCUT2D eigenvalue weighted by atomic mass is 16.7. The summed E-state index contributed by atoms with van der Waals surface area (Å²) < 4.78 is 22.3. The molecule has 5 atom stereocenters. The molecule has 4 heteroatoms. The molecule has 0 N–H and O–H groups in total. The largest absolute Gasteiger partial charge is 0.350 e. The van der Waals surface area contributed by atoms with Crippen LogP contribution < -0.4 is 0 Å². The van der Waals surface area contributed by atoms with Crippen LogP contribution in [0.3, 0.4) is 0 Å². The van der Waals surface area contributed by atoms with Crippen molar-refractivity contribution in [3.05, 3.63) is 0 Å². The first kappa shape index (κ1) is 20.9. The fraction of sp³-hybridized carbons (Fsp3) is 1.00. The van der Waals surface area contributed by atoms with Crippen molar-refractivity contribution in [3.63, 3.8) is 0 Å². The predicted molar refractivity (Wildman–Crippen MR) is 93.3 cm³/mol. The molecule has 0 aromatic carbocycles. The van der Waals surface area contributed by atoms with E-state index in [1.807, 2.05) is 13.8 Å². The SMILES string of the molecule is CC1OC(C(C)C)CC(C(C)C)O1.CCC1CC(C)OC(C)O1. The van der Waals surface area contributed by atoms with Gasteiger partial charge in [0, 0.05) is 6.42 Å². The first-order valence-electron chi connectivity index (χ1n) is 9.34. The first-order valence-corrected chi connectivity index (χ1v) is 9.34. The van der Waals surface area contributed by atoms with E-state index in [9.17, 15) is 0 Å². The summed E-state index contributed by atoms with van der Waals surface area (Å²) in [7, 11) is 0. The van der Waals surface area contributed by atoms with Gasteiger partial charge in [0.05, 0.1) is 24.4 Å². The van der Waals surface area contributed by atoms with Crippen molar-refractivity contribution in [2.24, 2.45) is 11.8 Å². The van der Waals surface area contributed by atoms with Crippen molar-refractivity contribution in [1.82, 2.24) is 0 Å². The number of hydrogen-bond donors (Lipinski definition) is 0. The second-order valence-electron chi connectivity index (χ2n) is 7.56. The third-order valence-electron chi connectivity index (χ3n) is 4.54. The van der Waals surface area contributed by atoms with Gasteiger partial charge in [-0.15, -0.1) is 0 Å². The molecule has 2 aliphatic heterocycles. The van der Waals surface area contributed by atoms with E-state index in [2.05, 4.69) is 41.5 Å². The quantitative estimate of drug-likeness (QED) is 0.748.